The fourth-order valence-corrected chi connectivity index (χ4v) is 3.20. The second-order valence-corrected chi connectivity index (χ2v) is 7.05. The number of hydrogen-bond donors (Lipinski definition) is 2. The molecule has 1 aromatic heterocycles. The zero-order valence-corrected chi connectivity index (χ0v) is 17.2. The Labute approximate surface area is 183 Å². The zero-order chi connectivity index (χ0) is 23.1. The first kappa shape index (κ1) is 22.6. The summed E-state index contributed by atoms with van der Waals surface area (Å²) in [4.78, 5) is 29.5. The molecule has 1 heterocycles. The summed E-state index contributed by atoms with van der Waals surface area (Å²) in [6, 6.07) is 14.2. The van der Waals surface area contributed by atoms with E-state index in [1.165, 1.54) is 6.07 Å². The Morgan fingerprint density at radius 2 is 1.75 bits per heavy atom. The lowest BCUT2D eigenvalue weighted by Crippen LogP contribution is -2.48. The lowest BCUT2D eigenvalue weighted by Gasteiger charge is -2.19. The fourth-order valence-electron chi connectivity index (χ4n) is 3.20. The molecule has 0 bridgehead atoms. The molecule has 2 aromatic carbocycles. The van der Waals surface area contributed by atoms with Crippen molar-refractivity contribution in [1.82, 2.24) is 15.6 Å². The van der Waals surface area contributed by atoms with Gasteiger partial charge in [0.15, 0.2) is 0 Å². The number of hydrogen-bond acceptors (Lipinski definition) is 4. The van der Waals surface area contributed by atoms with E-state index in [0.29, 0.717) is 0 Å². The van der Waals surface area contributed by atoms with Crippen molar-refractivity contribution >= 4 is 11.8 Å². The summed E-state index contributed by atoms with van der Waals surface area (Å²) in [5.74, 6) is -2.97. The Morgan fingerprint density at radius 3 is 2.38 bits per heavy atom. The summed E-state index contributed by atoms with van der Waals surface area (Å²) in [7, 11) is 0. The molecule has 0 spiro atoms. The van der Waals surface area contributed by atoms with Gasteiger partial charge in [0.1, 0.15) is 24.2 Å². The number of nitrogens with zero attached hydrogens (tertiary/aromatic N) is 2. The maximum Gasteiger partial charge on any atom is 0.251 e. The van der Waals surface area contributed by atoms with Crippen molar-refractivity contribution in [3.05, 3.63) is 89.1 Å². The van der Waals surface area contributed by atoms with Gasteiger partial charge in [-0.25, -0.2) is 8.78 Å². The molecule has 0 radical (unpaired) electrons. The van der Waals surface area contributed by atoms with Gasteiger partial charge in [-0.3, -0.25) is 14.6 Å². The van der Waals surface area contributed by atoms with Gasteiger partial charge >= 0.3 is 0 Å². The molecule has 3 rings (SSSR count). The number of rotatable bonds is 7. The monoisotopic (exact) mass is 434 g/mol. The van der Waals surface area contributed by atoms with Gasteiger partial charge in [0.25, 0.3) is 5.91 Å². The number of aryl methyl sites for hydroxylation is 1. The molecule has 8 heteroatoms. The van der Waals surface area contributed by atoms with Crippen LogP contribution in [0.1, 0.15) is 21.5 Å². The maximum absolute atomic E-state index is 14.1. The number of aromatic nitrogens is 1. The zero-order valence-electron chi connectivity index (χ0n) is 17.2. The fraction of sp³-hybridized carbons (Fsp3) is 0.167. The molecule has 3 aromatic rings. The predicted molar refractivity (Wildman–Crippen MR) is 114 cm³/mol. The Balaban J connectivity index is 1.81. The summed E-state index contributed by atoms with van der Waals surface area (Å²) in [5, 5.41) is 13.5. The predicted octanol–water partition coefficient (Wildman–Crippen LogP) is 3.32. The summed E-state index contributed by atoms with van der Waals surface area (Å²) in [6.07, 6.45) is 1.27. The molecule has 1 atom stereocenters. The van der Waals surface area contributed by atoms with E-state index >= 15 is 0 Å². The number of benzene rings is 2. The number of nitriles is 1. The molecule has 1 unspecified atom stereocenters. The van der Waals surface area contributed by atoms with Crippen LogP contribution in [0.25, 0.3) is 11.3 Å². The molecule has 0 aliphatic rings. The van der Waals surface area contributed by atoms with Gasteiger partial charge in [-0.1, -0.05) is 24.3 Å². The molecule has 2 amide bonds. The van der Waals surface area contributed by atoms with Crippen LogP contribution < -0.4 is 10.6 Å². The first-order valence-corrected chi connectivity index (χ1v) is 9.81. The van der Waals surface area contributed by atoms with Crippen LogP contribution >= 0.6 is 0 Å². The molecule has 0 saturated heterocycles. The Bertz CT molecular complexity index is 1150. The van der Waals surface area contributed by atoms with Gasteiger partial charge in [-0.05, 0) is 42.8 Å². The van der Waals surface area contributed by atoms with Crippen LogP contribution in [0.5, 0.6) is 0 Å². The van der Waals surface area contributed by atoms with Crippen molar-refractivity contribution in [2.24, 2.45) is 0 Å². The van der Waals surface area contributed by atoms with Crippen molar-refractivity contribution in [1.29, 1.82) is 5.26 Å². The highest BCUT2D eigenvalue weighted by molar-refractivity contribution is 5.98. The number of pyridine rings is 1. The number of carbonyl (C=O) groups is 2. The Morgan fingerprint density at radius 1 is 1.06 bits per heavy atom. The van der Waals surface area contributed by atoms with E-state index in [4.69, 9.17) is 5.26 Å². The van der Waals surface area contributed by atoms with Gasteiger partial charge in [-0.2, -0.15) is 5.26 Å². The third-order valence-electron chi connectivity index (χ3n) is 4.86. The van der Waals surface area contributed by atoms with Gasteiger partial charge in [0.2, 0.25) is 5.91 Å². The first-order valence-electron chi connectivity index (χ1n) is 9.81. The first-order chi connectivity index (χ1) is 15.4. The quantitative estimate of drug-likeness (QED) is 0.558. The van der Waals surface area contributed by atoms with Crippen LogP contribution in [0.15, 0.2) is 60.8 Å². The molecule has 0 aliphatic heterocycles. The third-order valence-corrected chi connectivity index (χ3v) is 4.86. The molecular formula is C24H20F2N4O2. The molecule has 2 N–H and O–H groups in total. The standard InChI is InChI=1S/C24H20F2N4O2/c1-15-4-3-12-28-22(15)16-7-9-17(10-8-16)23(31)30-21(24(32)29-13-11-27)14-18-19(25)5-2-6-20(18)26/h2-10,12,21H,13-14H2,1H3,(H,29,32)(H,30,31). The summed E-state index contributed by atoms with van der Waals surface area (Å²) in [5.41, 5.74) is 2.51. The summed E-state index contributed by atoms with van der Waals surface area (Å²) < 4.78 is 28.2. The number of amides is 2. The van der Waals surface area contributed by atoms with Crippen LogP contribution in [0, 0.1) is 29.9 Å². The third kappa shape index (κ3) is 5.32. The molecule has 6 nitrogen and oxygen atoms in total. The van der Waals surface area contributed by atoms with E-state index in [9.17, 15) is 18.4 Å². The molecule has 32 heavy (non-hydrogen) atoms. The van der Waals surface area contributed by atoms with E-state index in [-0.39, 0.29) is 17.7 Å². The molecule has 162 valence electrons. The lowest BCUT2D eigenvalue weighted by atomic mass is 10.0. The lowest BCUT2D eigenvalue weighted by molar-refractivity contribution is -0.122. The normalized spacial score (nSPS) is 11.3. The van der Waals surface area contributed by atoms with E-state index < -0.39 is 35.9 Å². The van der Waals surface area contributed by atoms with Gasteiger partial charge in [0, 0.05) is 29.3 Å². The highest BCUT2D eigenvalue weighted by Crippen LogP contribution is 2.21. The number of carbonyl (C=O) groups excluding carboxylic acids is 2. The van der Waals surface area contributed by atoms with Crippen molar-refractivity contribution in [2.45, 2.75) is 19.4 Å². The highest BCUT2D eigenvalue weighted by Gasteiger charge is 2.24. The smallest absolute Gasteiger partial charge is 0.251 e. The van der Waals surface area contributed by atoms with Crippen LogP contribution in [-0.4, -0.2) is 29.4 Å². The maximum atomic E-state index is 14.1. The number of halogens is 2. The Hall–Kier alpha value is -4.12. The second kappa shape index (κ2) is 10.3. The van der Waals surface area contributed by atoms with E-state index in [0.717, 1.165) is 29.0 Å². The van der Waals surface area contributed by atoms with Crippen LogP contribution in [0.4, 0.5) is 8.78 Å². The van der Waals surface area contributed by atoms with Gasteiger partial charge < -0.3 is 10.6 Å². The topological polar surface area (TPSA) is 94.9 Å². The van der Waals surface area contributed by atoms with Crippen LogP contribution in [0.3, 0.4) is 0 Å². The molecule has 0 aliphatic carbocycles. The van der Waals surface area contributed by atoms with E-state index in [1.807, 2.05) is 19.1 Å². The van der Waals surface area contributed by atoms with E-state index in [1.54, 1.807) is 36.5 Å². The van der Waals surface area contributed by atoms with Crippen molar-refractivity contribution in [2.75, 3.05) is 6.54 Å². The van der Waals surface area contributed by atoms with Crippen molar-refractivity contribution < 1.29 is 18.4 Å². The van der Waals surface area contributed by atoms with Gasteiger partial charge in [0.05, 0.1) is 11.8 Å². The largest absolute Gasteiger partial charge is 0.341 e. The van der Waals surface area contributed by atoms with Crippen LogP contribution in [-0.2, 0) is 11.2 Å². The molecular weight excluding hydrogens is 414 g/mol. The van der Waals surface area contributed by atoms with Crippen LogP contribution in [0.2, 0.25) is 0 Å². The van der Waals surface area contributed by atoms with Gasteiger partial charge in [-0.15, -0.1) is 0 Å². The minimum atomic E-state index is -1.28. The number of nitrogens with one attached hydrogen (secondary N) is 2. The highest BCUT2D eigenvalue weighted by atomic mass is 19.1. The minimum Gasteiger partial charge on any atom is -0.341 e. The minimum absolute atomic E-state index is 0.259. The molecule has 0 fully saturated rings. The summed E-state index contributed by atoms with van der Waals surface area (Å²) >= 11 is 0. The second-order valence-electron chi connectivity index (χ2n) is 7.05. The SMILES string of the molecule is Cc1cccnc1-c1ccc(C(=O)NC(Cc2c(F)cccc2F)C(=O)NCC#N)cc1. The van der Waals surface area contributed by atoms with Crippen molar-refractivity contribution in [3.8, 4) is 17.3 Å². The Kier molecular flexibility index (Phi) is 7.24. The molecule has 0 saturated carbocycles. The van der Waals surface area contributed by atoms with E-state index in [2.05, 4.69) is 15.6 Å². The average molecular weight is 434 g/mol. The average Bonchev–Trinajstić information content (AvgIpc) is 2.79. The summed E-state index contributed by atoms with van der Waals surface area (Å²) in [6.45, 7) is 1.62. The van der Waals surface area contributed by atoms with Crippen molar-refractivity contribution in [3.63, 3.8) is 0 Å².